The van der Waals surface area contributed by atoms with Gasteiger partial charge in [0.2, 0.25) is 0 Å². The number of nitrogens with one attached hydrogen (secondary N) is 1. The number of rotatable bonds is 9. The Balaban J connectivity index is 1.66. The van der Waals surface area contributed by atoms with Crippen molar-refractivity contribution in [1.29, 1.82) is 0 Å². The minimum atomic E-state index is -0.160. The van der Waals surface area contributed by atoms with Gasteiger partial charge in [-0.25, -0.2) is 9.78 Å². The third-order valence-electron chi connectivity index (χ3n) is 4.37. The zero-order valence-corrected chi connectivity index (χ0v) is 17.2. The number of hydrogen-bond donors (Lipinski definition) is 1. The van der Waals surface area contributed by atoms with E-state index in [1.165, 1.54) is 0 Å². The lowest BCUT2D eigenvalue weighted by Crippen LogP contribution is -2.35. The monoisotopic (exact) mass is 412 g/mol. The quantitative estimate of drug-likeness (QED) is 0.534. The lowest BCUT2D eigenvalue weighted by molar-refractivity contribution is 0.207. The highest BCUT2D eigenvalue weighted by atomic mass is 35.5. The lowest BCUT2D eigenvalue weighted by Gasteiger charge is -2.23. The van der Waals surface area contributed by atoms with Crippen LogP contribution in [0.15, 0.2) is 67.3 Å². The van der Waals surface area contributed by atoms with Crippen LogP contribution in [-0.4, -0.2) is 33.6 Å². The van der Waals surface area contributed by atoms with Gasteiger partial charge in [-0.2, -0.15) is 0 Å². The maximum absolute atomic E-state index is 12.9. The molecule has 0 aliphatic heterocycles. The van der Waals surface area contributed by atoms with Crippen molar-refractivity contribution in [2.24, 2.45) is 0 Å². The smallest absolute Gasteiger partial charge is 0.322 e. The molecule has 0 bridgehead atoms. The van der Waals surface area contributed by atoms with Gasteiger partial charge in [-0.3, -0.25) is 0 Å². The molecule has 2 amide bonds. The van der Waals surface area contributed by atoms with Gasteiger partial charge in [-0.05, 0) is 49.2 Å². The molecule has 0 aliphatic rings. The number of nitrogens with zero attached hydrogens (tertiary/aromatic N) is 3. The summed E-state index contributed by atoms with van der Waals surface area (Å²) in [5.74, 6) is 0.825. The number of aromatic nitrogens is 2. The molecule has 1 aromatic heterocycles. The topological polar surface area (TPSA) is 59.4 Å². The zero-order valence-electron chi connectivity index (χ0n) is 16.4. The van der Waals surface area contributed by atoms with Crippen LogP contribution in [0.3, 0.4) is 0 Å². The minimum absolute atomic E-state index is 0.160. The summed E-state index contributed by atoms with van der Waals surface area (Å²) in [5, 5.41) is 3.52. The third-order valence-corrected chi connectivity index (χ3v) is 4.61. The third kappa shape index (κ3) is 6.54. The molecule has 3 rings (SSSR count). The van der Waals surface area contributed by atoms with Gasteiger partial charge in [-0.1, -0.05) is 29.8 Å². The summed E-state index contributed by atoms with van der Waals surface area (Å²) >= 11 is 6.03. The molecule has 7 heteroatoms. The van der Waals surface area contributed by atoms with E-state index in [-0.39, 0.29) is 6.03 Å². The van der Waals surface area contributed by atoms with Crippen molar-refractivity contribution in [3.05, 3.63) is 77.8 Å². The summed E-state index contributed by atoms with van der Waals surface area (Å²) in [5.41, 5.74) is 1.71. The van der Waals surface area contributed by atoms with Crippen LogP contribution in [-0.2, 0) is 13.1 Å². The van der Waals surface area contributed by atoms with Crippen molar-refractivity contribution in [2.45, 2.75) is 26.4 Å². The van der Waals surface area contributed by atoms with E-state index < -0.39 is 0 Å². The average Bonchev–Trinajstić information content (AvgIpc) is 3.22. The molecule has 2 aromatic carbocycles. The van der Waals surface area contributed by atoms with E-state index in [2.05, 4.69) is 10.3 Å². The summed E-state index contributed by atoms with van der Waals surface area (Å²) in [6, 6.07) is 14.8. The average molecular weight is 413 g/mol. The van der Waals surface area contributed by atoms with Crippen LogP contribution in [0.4, 0.5) is 10.5 Å². The molecule has 0 saturated carbocycles. The number of carbonyl (C=O) groups excluding carboxylic acids is 1. The van der Waals surface area contributed by atoms with Gasteiger partial charge in [0, 0.05) is 42.7 Å². The van der Waals surface area contributed by atoms with Crippen molar-refractivity contribution < 1.29 is 9.53 Å². The second-order valence-electron chi connectivity index (χ2n) is 6.59. The Bertz CT molecular complexity index is 897. The fourth-order valence-electron chi connectivity index (χ4n) is 2.96. The Hall–Kier alpha value is -2.99. The molecule has 0 saturated heterocycles. The maximum Gasteiger partial charge on any atom is 0.322 e. The fraction of sp³-hybridized carbons (Fsp3) is 0.273. The zero-order chi connectivity index (χ0) is 20.5. The number of halogens is 1. The van der Waals surface area contributed by atoms with Crippen LogP contribution in [0, 0.1) is 0 Å². The van der Waals surface area contributed by atoms with Crippen molar-refractivity contribution in [3.8, 4) is 5.75 Å². The van der Waals surface area contributed by atoms with Crippen LogP contribution in [0.5, 0.6) is 5.75 Å². The summed E-state index contributed by atoms with van der Waals surface area (Å²) in [6.07, 6.45) is 6.27. The highest BCUT2D eigenvalue weighted by molar-refractivity contribution is 6.30. The molecule has 6 nitrogen and oxygen atoms in total. The van der Waals surface area contributed by atoms with Crippen molar-refractivity contribution in [3.63, 3.8) is 0 Å². The minimum Gasteiger partial charge on any atom is -0.494 e. The first kappa shape index (κ1) is 20.7. The standard InChI is InChI=1S/C22H25ClN4O2/c1-2-29-21-9-7-18(8-10-21)16-27(13-4-12-26-14-11-24-17-26)22(28)25-20-6-3-5-19(23)15-20/h3,5-11,14-15,17H,2,4,12-13,16H2,1H3,(H,25,28). The number of hydrogen-bond acceptors (Lipinski definition) is 3. The first-order chi connectivity index (χ1) is 14.1. The van der Waals surface area contributed by atoms with Gasteiger partial charge in [0.1, 0.15) is 5.75 Å². The molecule has 29 heavy (non-hydrogen) atoms. The largest absolute Gasteiger partial charge is 0.494 e. The van der Waals surface area contributed by atoms with Gasteiger partial charge in [0.25, 0.3) is 0 Å². The van der Waals surface area contributed by atoms with Crippen molar-refractivity contribution in [2.75, 3.05) is 18.5 Å². The number of carbonyl (C=O) groups is 1. The van der Waals surface area contributed by atoms with Crippen LogP contribution in [0.1, 0.15) is 18.9 Å². The molecule has 0 atom stereocenters. The number of aryl methyl sites for hydroxylation is 1. The molecular weight excluding hydrogens is 388 g/mol. The number of urea groups is 1. The number of imidazole rings is 1. The highest BCUT2D eigenvalue weighted by Crippen LogP contribution is 2.17. The number of ether oxygens (including phenoxy) is 1. The predicted molar refractivity (Wildman–Crippen MR) is 115 cm³/mol. The van der Waals surface area contributed by atoms with E-state index in [0.29, 0.717) is 30.4 Å². The number of amides is 2. The molecule has 0 spiro atoms. The summed E-state index contributed by atoms with van der Waals surface area (Å²) in [4.78, 5) is 18.8. The van der Waals surface area contributed by atoms with Crippen molar-refractivity contribution >= 4 is 23.3 Å². The predicted octanol–water partition coefficient (Wildman–Crippen LogP) is 5.06. The Morgan fingerprint density at radius 2 is 2.07 bits per heavy atom. The van der Waals surface area contributed by atoms with E-state index in [1.54, 1.807) is 29.6 Å². The number of anilines is 1. The second-order valence-corrected chi connectivity index (χ2v) is 7.03. The van der Waals surface area contributed by atoms with Crippen LogP contribution in [0.25, 0.3) is 0 Å². The molecule has 0 radical (unpaired) electrons. The normalized spacial score (nSPS) is 10.6. The van der Waals surface area contributed by atoms with Gasteiger partial charge in [0.15, 0.2) is 0 Å². The fourth-order valence-corrected chi connectivity index (χ4v) is 3.15. The van der Waals surface area contributed by atoms with E-state index in [4.69, 9.17) is 16.3 Å². The van der Waals surface area contributed by atoms with E-state index in [9.17, 15) is 4.79 Å². The number of benzene rings is 2. The molecule has 152 valence electrons. The van der Waals surface area contributed by atoms with Gasteiger partial charge < -0.3 is 19.5 Å². The van der Waals surface area contributed by atoms with Crippen LogP contribution in [0.2, 0.25) is 5.02 Å². The second kappa shape index (κ2) is 10.5. The molecule has 3 aromatic rings. The van der Waals surface area contributed by atoms with Gasteiger partial charge in [0.05, 0.1) is 12.9 Å². The van der Waals surface area contributed by atoms with Crippen LogP contribution >= 0.6 is 11.6 Å². The lowest BCUT2D eigenvalue weighted by atomic mass is 10.2. The highest BCUT2D eigenvalue weighted by Gasteiger charge is 2.14. The van der Waals surface area contributed by atoms with Gasteiger partial charge >= 0.3 is 6.03 Å². The molecule has 1 heterocycles. The van der Waals surface area contributed by atoms with E-state index >= 15 is 0 Å². The Morgan fingerprint density at radius 3 is 2.76 bits per heavy atom. The molecule has 1 N–H and O–H groups in total. The molecule has 0 unspecified atom stereocenters. The maximum atomic E-state index is 12.9. The van der Waals surface area contributed by atoms with E-state index in [1.807, 2.05) is 54.1 Å². The summed E-state index contributed by atoms with van der Waals surface area (Å²) in [7, 11) is 0. The van der Waals surface area contributed by atoms with Crippen molar-refractivity contribution in [1.82, 2.24) is 14.5 Å². The summed E-state index contributed by atoms with van der Waals surface area (Å²) in [6.45, 7) is 4.49. The first-order valence-electron chi connectivity index (χ1n) is 9.63. The first-order valence-corrected chi connectivity index (χ1v) is 10.0. The molecular formula is C22H25ClN4O2. The Morgan fingerprint density at radius 1 is 1.24 bits per heavy atom. The van der Waals surface area contributed by atoms with E-state index in [0.717, 1.165) is 24.3 Å². The van der Waals surface area contributed by atoms with Crippen LogP contribution < -0.4 is 10.1 Å². The Kier molecular flexibility index (Phi) is 7.53. The Labute approximate surface area is 176 Å². The van der Waals surface area contributed by atoms with Gasteiger partial charge in [-0.15, -0.1) is 0 Å². The SMILES string of the molecule is CCOc1ccc(CN(CCCn2ccnc2)C(=O)Nc2cccc(Cl)c2)cc1. The molecule has 0 fully saturated rings. The summed E-state index contributed by atoms with van der Waals surface area (Å²) < 4.78 is 7.50. The molecule has 0 aliphatic carbocycles.